The lowest BCUT2D eigenvalue weighted by Crippen LogP contribution is -2.36. The fourth-order valence-corrected chi connectivity index (χ4v) is 2.71. The van der Waals surface area contributed by atoms with Gasteiger partial charge in [-0.25, -0.2) is 0 Å². The lowest BCUT2D eigenvalue weighted by molar-refractivity contribution is -0.131. The zero-order chi connectivity index (χ0) is 13.1. The van der Waals surface area contributed by atoms with E-state index in [1.54, 1.807) is 0 Å². The third kappa shape index (κ3) is 2.92. The van der Waals surface area contributed by atoms with Gasteiger partial charge < -0.3 is 4.90 Å². The lowest BCUT2D eigenvalue weighted by Gasteiger charge is -2.24. The third-order valence-corrected chi connectivity index (χ3v) is 4.19. The van der Waals surface area contributed by atoms with Crippen molar-refractivity contribution < 1.29 is 4.79 Å². The van der Waals surface area contributed by atoms with Gasteiger partial charge in [-0.3, -0.25) is 4.79 Å². The molecule has 0 aliphatic heterocycles. The summed E-state index contributed by atoms with van der Waals surface area (Å²) in [6, 6.07) is 6.79. The number of carbonyl (C=O) groups excluding carboxylic acids is 1. The molecule has 2 heteroatoms. The van der Waals surface area contributed by atoms with Crippen LogP contribution in [0.15, 0.2) is 18.2 Å². The first-order valence-corrected chi connectivity index (χ1v) is 6.89. The van der Waals surface area contributed by atoms with E-state index in [0.29, 0.717) is 12.5 Å². The van der Waals surface area contributed by atoms with Crippen LogP contribution in [0.5, 0.6) is 0 Å². The Morgan fingerprint density at radius 1 is 1.22 bits per heavy atom. The summed E-state index contributed by atoms with van der Waals surface area (Å²) in [4.78, 5) is 14.2. The highest BCUT2D eigenvalue weighted by atomic mass is 16.2. The summed E-state index contributed by atoms with van der Waals surface area (Å²) < 4.78 is 0. The van der Waals surface area contributed by atoms with Gasteiger partial charge in [-0.1, -0.05) is 31.0 Å². The molecule has 2 nitrogen and oxygen atoms in total. The van der Waals surface area contributed by atoms with Crippen LogP contribution in [0.4, 0.5) is 0 Å². The number of likely N-dealkylation sites (N-methyl/N-ethyl adjacent to an activating group) is 1. The molecule has 2 rings (SSSR count). The van der Waals surface area contributed by atoms with Crippen molar-refractivity contribution in [3.8, 4) is 0 Å². The number of carbonyl (C=O) groups is 1. The second-order valence-electron chi connectivity index (χ2n) is 5.54. The van der Waals surface area contributed by atoms with E-state index in [2.05, 4.69) is 32.0 Å². The lowest BCUT2D eigenvalue weighted by atomic mass is 10.0. The molecule has 1 amide bonds. The fraction of sp³-hybridized carbons (Fsp3) is 0.562. The van der Waals surface area contributed by atoms with Crippen molar-refractivity contribution in [2.45, 2.75) is 52.0 Å². The molecule has 0 atom stereocenters. The predicted octanol–water partition coefficient (Wildman–Crippen LogP) is 3.25. The zero-order valence-electron chi connectivity index (χ0n) is 11.7. The highest BCUT2D eigenvalue weighted by Crippen LogP contribution is 2.23. The van der Waals surface area contributed by atoms with Gasteiger partial charge in [-0.2, -0.15) is 0 Å². The van der Waals surface area contributed by atoms with Gasteiger partial charge in [0.05, 0.1) is 6.42 Å². The number of amides is 1. The highest BCUT2D eigenvalue weighted by Gasteiger charge is 2.23. The van der Waals surface area contributed by atoms with Gasteiger partial charge in [0.1, 0.15) is 0 Å². The molecule has 0 N–H and O–H groups in total. The Hall–Kier alpha value is -1.31. The summed E-state index contributed by atoms with van der Waals surface area (Å²) in [5.41, 5.74) is 3.69. The maximum Gasteiger partial charge on any atom is 0.226 e. The SMILES string of the molecule is Cc1ccc(CC(=O)N(C)C2CCCC2)cc1C. The van der Waals surface area contributed by atoms with E-state index in [9.17, 15) is 4.79 Å². The molecule has 0 aromatic heterocycles. The number of rotatable bonds is 3. The number of benzene rings is 1. The van der Waals surface area contributed by atoms with Crippen LogP contribution in [-0.2, 0) is 11.2 Å². The van der Waals surface area contributed by atoms with Crippen molar-refractivity contribution in [1.82, 2.24) is 4.90 Å². The van der Waals surface area contributed by atoms with E-state index in [0.717, 1.165) is 5.56 Å². The van der Waals surface area contributed by atoms with E-state index in [1.807, 2.05) is 11.9 Å². The van der Waals surface area contributed by atoms with E-state index in [-0.39, 0.29) is 5.91 Å². The molecule has 1 saturated carbocycles. The molecule has 1 aromatic rings. The van der Waals surface area contributed by atoms with Gasteiger partial charge in [0, 0.05) is 13.1 Å². The van der Waals surface area contributed by atoms with Crippen LogP contribution in [0.3, 0.4) is 0 Å². The minimum absolute atomic E-state index is 0.255. The molecular weight excluding hydrogens is 222 g/mol. The van der Waals surface area contributed by atoms with E-state index >= 15 is 0 Å². The van der Waals surface area contributed by atoms with Gasteiger partial charge in [0.15, 0.2) is 0 Å². The van der Waals surface area contributed by atoms with Crippen molar-refractivity contribution in [3.05, 3.63) is 34.9 Å². The van der Waals surface area contributed by atoms with Crippen LogP contribution >= 0.6 is 0 Å². The van der Waals surface area contributed by atoms with E-state index < -0.39 is 0 Å². The minimum atomic E-state index is 0.255. The van der Waals surface area contributed by atoms with Crippen LogP contribution in [-0.4, -0.2) is 23.9 Å². The monoisotopic (exact) mass is 245 g/mol. The Balaban J connectivity index is 1.99. The maximum absolute atomic E-state index is 12.2. The van der Waals surface area contributed by atoms with Crippen molar-refractivity contribution in [3.63, 3.8) is 0 Å². The van der Waals surface area contributed by atoms with Gasteiger partial charge >= 0.3 is 0 Å². The summed E-state index contributed by atoms with van der Waals surface area (Å²) in [6.45, 7) is 4.20. The van der Waals surface area contributed by atoms with Crippen LogP contribution in [0, 0.1) is 13.8 Å². The maximum atomic E-state index is 12.2. The normalized spacial score (nSPS) is 15.9. The fourth-order valence-electron chi connectivity index (χ4n) is 2.71. The Morgan fingerprint density at radius 3 is 2.50 bits per heavy atom. The van der Waals surface area contributed by atoms with Gasteiger partial charge in [0.2, 0.25) is 5.91 Å². The Labute approximate surface area is 110 Å². The summed E-state index contributed by atoms with van der Waals surface area (Å²) in [7, 11) is 1.96. The summed E-state index contributed by atoms with van der Waals surface area (Å²) in [5.74, 6) is 0.255. The first-order chi connectivity index (χ1) is 8.58. The molecule has 0 unspecified atom stereocenters. The third-order valence-electron chi connectivity index (χ3n) is 4.19. The average molecular weight is 245 g/mol. The Morgan fingerprint density at radius 2 is 1.89 bits per heavy atom. The first-order valence-electron chi connectivity index (χ1n) is 6.89. The van der Waals surface area contributed by atoms with Crippen molar-refractivity contribution in [1.29, 1.82) is 0 Å². The van der Waals surface area contributed by atoms with Gasteiger partial charge in [0.25, 0.3) is 0 Å². The molecule has 1 fully saturated rings. The minimum Gasteiger partial charge on any atom is -0.342 e. The second kappa shape index (κ2) is 5.55. The van der Waals surface area contributed by atoms with Crippen molar-refractivity contribution in [2.24, 2.45) is 0 Å². The predicted molar refractivity (Wildman–Crippen MR) is 74.6 cm³/mol. The van der Waals surface area contributed by atoms with Crippen LogP contribution in [0.1, 0.15) is 42.4 Å². The number of aryl methyl sites for hydroxylation is 2. The largest absolute Gasteiger partial charge is 0.342 e. The molecule has 1 aromatic carbocycles. The summed E-state index contributed by atoms with van der Waals surface area (Å²) in [5, 5.41) is 0. The molecule has 0 saturated heterocycles. The molecular formula is C16H23NO. The van der Waals surface area contributed by atoms with Gasteiger partial charge in [-0.05, 0) is 43.4 Å². The number of hydrogen-bond donors (Lipinski definition) is 0. The van der Waals surface area contributed by atoms with Crippen molar-refractivity contribution in [2.75, 3.05) is 7.05 Å². The molecule has 0 bridgehead atoms. The van der Waals surface area contributed by atoms with Crippen molar-refractivity contribution >= 4 is 5.91 Å². The molecule has 1 aliphatic carbocycles. The highest BCUT2D eigenvalue weighted by molar-refractivity contribution is 5.79. The smallest absolute Gasteiger partial charge is 0.226 e. The molecule has 0 spiro atoms. The van der Waals surface area contributed by atoms with E-state index in [4.69, 9.17) is 0 Å². The standard InChI is InChI=1S/C16H23NO/c1-12-8-9-14(10-13(12)2)11-16(18)17(3)15-6-4-5-7-15/h8-10,15H,4-7,11H2,1-3H3. The summed E-state index contributed by atoms with van der Waals surface area (Å²) in [6.07, 6.45) is 5.43. The molecule has 1 aliphatic rings. The molecule has 0 heterocycles. The molecule has 18 heavy (non-hydrogen) atoms. The zero-order valence-corrected chi connectivity index (χ0v) is 11.7. The first kappa shape index (κ1) is 13.1. The quantitative estimate of drug-likeness (QED) is 0.800. The summed E-state index contributed by atoms with van der Waals surface area (Å²) >= 11 is 0. The Kier molecular flexibility index (Phi) is 4.05. The average Bonchev–Trinajstić information content (AvgIpc) is 2.86. The number of hydrogen-bond acceptors (Lipinski definition) is 1. The molecule has 98 valence electrons. The Bertz CT molecular complexity index is 433. The van der Waals surface area contributed by atoms with E-state index in [1.165, 1.54) is 36.8 Å². The second-order valence-corrected chi connectivity index (χ2v) is 5.54. The number of nitrogens with zero attached hydrogens (tertiary/aromatic N) is 1. The van der Waals surface area contributed by atoms with Crippen LogP contribution in [0.25, 0.3) is 0 Å². The molecule has 0 radical (unpaired) electrons. The topological polar surface area (TPSA) is 20.3 Å². The van der Waals surface area contributed by atoms with Crippen LogP contribution in [0.2, 0.25) is 0 Å². The van der Waals surface area contributed by atoms with Gasteiger partial charge in [-0.15, -0.1) is 0 Å². The van der Waals surface area contributed by atoms with Crippen LogP contribution < -0.4 is 0 Å².